The number of hydrogen-bond donors (Lipinski definition) is 0. The molecule has 0 amide bonds. The minimum atomic E-state index is 0.354. The topological polar surface area (TPSA) is 3.24 Å². The van der Waals surface area contributed by atoms with Gasteiger partial charge in [0.2, 0.25) is 0 Å². The Morgan fingerprint density at radius 3 is 2.59 bits per heavy atom. The molecule has 2 aromatic carbocycles. The maximum absolute atomic E-state index is 2.72. The Morgan fingerprint density at radius 2 is 1.77 bits per heavy atom. The normalized spacial score (nSPS) is 30.8. The third-order valence-electron chi connectivity index (χ3n) is 6.26. The van der Waals surface area contributed by atoms with Crippen molar-refractivity contribution in [2.45, 2.75) is 44.7 Å². The van der Waals surface area contributed by atoms with Gasteiger partial charge in [0.05, 0.1) is 0 Å². The summed E-state index contributed by atoms with van der Waals surface area (Å²) < 4.78 is 0. The second-order valence-electron chi connectivity index (χ2n) is 7.34. The Labute approximate surface area is 134 Å². The van der Waals surface area contributed by atoms with E-state index in [0.717, 1.165) is 12.5 Å². The van der Waals surface area contributed by atoms with Crippen LogP contribution in [0.2, 0.25) is 0 Å². The van der Waals surface area contributed by atoms with Crippen molar-refractivity contribution in [3.05, 3.63) is 71.3 Å². The molecule has 3 atom stereocenters. The first-order valence-electron chi connectivity index (χ1n) is 8.55. The first kappa shape index (κ1) is 14.0. The van der Waals surface area contributed by atoms with Crippen molar-refractivity contribution >= 4 is 0 Å². The average molecular weight is 291 g/mol. The van der Waals surface area contributed by atoms with Crippen molar-refractivity contribution in [2.75, 3.05) is 6.54 Å². The van der Waals surface area contributed by atoms with Gasteiger partial charge in [0.25, 0.3) is 0 Å². The molecular weight excluding hydrogens is 266 g/mol. The zero-order chi connectivity index (χ0) is 15.2. The highest BCUT2D eigenvalue weighted by Gasteiger charge is 2.47. The zero-order valence-corrected chi connectivity index (χ0v) is 13.6. The molecule has 1 nitrogen and oxygen atoms in total. The summed E-state index contributed by atoms with van der Waals surface area (Å²) in [4.78, 5) is 2.72. The lowest BCUT2D eigenvalue weighted by molar-refractivity contribution is 0.0259. The number of fused-ring (bicyclic) bond motifs is 4. The third-order valence-corrected chi connectivity index (χ3v) is 6.26. The maximum atomic E-state index is 2.72. The van der Waals surface area contributed by atoms with E-state index in [1.165, 1.54) is 24.9 Å². The third kappa shape index (κ3) is 2.11. The molecule has 0 saturated carbocycles. The first-order valence-corrected chi connectivity index (χ1v) is 8.55. The van der Waals surface area contributed by atoms with Crippen molar-refractivity contribution in [1.29, 1.82) is 0 Å². The molecule has 1 saturated heterocycles. The van der Waals surface area contributed by atoms with Gasteiger partial charge < -0.3 is 0 Å². The van der Waals surface area contributed by atoms with Crippen LogP contribution in [0.5, 0.6) is 0 Å². The summed E-state index contributed by atoms with van der Waals surface area (Å²) in [5, 5.41) is 0. The monoisotopic (exact) mass is 291 g/mol. The number of benzene rings is 2. The standard InChI is InChI=1S/C21H25N/c1-16-20-14-18-10-6-7-11-19(18)21(16,2)12-13-22(20)15-17-8-4-3-5-9-17/h3-11,16,20H,12-15H2,1-2H3/t16-,20-,21-/m1/s1. The molecule has 22 heavy (non-hydrogen) atoms. The Bertz CT molecular complexity index is 663. The van der Waals surface area contributed by atoms with Crippen LogP contribution in [0.15, 0.2) is 54.6 Å². The molecule has 0 spiro atoms. The van der Waals surface area contributed by atoms with Crippen LogP contribution in [0.4, 0.5) is 0 Å². The molecule has 1 fully saturated rings. The average Bonchev–Trinajstić information content (AvgIpc) is 2.55. The lowest BCUT2D eigenvalue weighted by atomic mass is 9.59. The number of piperidine rings is 1. The molecule has 114 valence electrons. The highest BCUT2D eigenvalue weighted by Crippen LogP contribution is 2.48. The summed E-state index contributed by atoms with van der Waals surface area (Å²) >= 11 is 0. The van der Waals surface area contributed by atoms with E-state index < -0.39 is 0 Å². The second-order valence-corrected chi connectivity index (χ2v) is 7.34. The molecule has 2 aromatic rings. The van der Waals surface area contributed by atoms with E-state index in [-0.39, 0.29) is 0 Å². The molecule has 2 bridgehead atoms. The molecule has 4 rings (SSSR count). The minimum absolute atomic E-state index is 0.354. The van der Waals surface area contributed by atoms with Crippen molar-refractivity contribution in [2.24, 2.45) is 5.92 Å². The molecule has 1 heteroatoms. The summed E-state index contributed by atoms with van der Waals surface area (Å²) in [5.41, 5.74) is 4.98. The van der Waals surface area contributed by atoms with E-state index in [0.29, 0.717) is 11.5 Å². The number of rotatable bonds is 2. The highest BCUT2D eigenvalue weighted by atomic mass is 15.2. The van der Waals surface area contributed by atoms with E-state index in [9.17, 15) is 0 Å². The van der Waals surface area contributed by atoms with Gasteiger partial charge in [-0.1, -0.05) is 68.4 Å². The van der Waals surface area contributed by atoms with Gasteiger partial charge in [-0.3, -0.25) is 4.90 Å². The fourth-order valence-electron chi connectivity index (χ4n) is 4.69. The van der Waals surface area contributed by atoms with Gasteiger partial charge in [-0.05, 0) is 47.4 Å². The Balaban J connectivity index is 1.66. The molecule has 1 heterocycles. The van der Waals surface area contributed by atoms with Gasteiger partial charge in [0, 0.05) is 12.6 Å². The SMILES string of the molecule is C[C@@H]1[C@H]2Cc3ccccc3[C@]1(C)CCN2Cc1ccccc1. The minimum Gasteiger partial charge on any atom is -0.295 e. The van der Waals surface area contributed by atoms with Crippen LogP contribution in [0, 0.1) is 5.92 Å². The van der Waals surface area contributed by atoms with E-state index in [1.54, 1.807) is 11.1 Å². The van der Waals surface area contributed by atoms with Crippen LogP contribution in [-0.2, 0) is 18.4 Å². The number of likely N-dealkylation sites (tertiary alicyclic amines) is 1. The lowest BCUT2D eigenvalue weighted by Gasteiger charge is -2.54. The second kappa shape index (κ2) is 5.24. The summed E-state index contributed by atoms with van der Waals surface area (Å²) in [6.45, 7) is 7.27. The Hall–Kier alpha value is -1.60. The van der Waals surface area contributed by atoms with E-state index in [1.807, 2.05) is 0 Å². The number of hydrogen-bond acceptors (Lipinski definition) is 1. The predicted octanol–water partition coefficient (Wildman–Crippen LogP) is 4.41. The molecule has 0 radical (unpaired) electrons. The smallest absolute Gasteiger partial charge is 0.0236 e. The molecule has 0 unspecified atom stereocenters. The van der Waals surface area contributed by atoms with Gasteiger partial charge in [-0.15, -0.1) is 0 Å². The van der Waals surface area contributed by atoms with Gasteiger partial charge in [0.1, 0.15) is 0 Å². The zero-order valence-electron chi connectivity index (χ0n) is 13.6. The summed E-state index contributed by atoms with van der Waals surface area (Å²) in [7, 11) is 0. The molecule has 2 aliphatic rings. The summed E-state index contributed by atoms with van der Waals surface area (Å²) in [6, 6.07) is 20.7. The van der Waals surface area contributed by atoms with Crippen molar-refractivity contribution in [3.63, 3.8) is 0 Å². The Morgan fingerprint density at radius 1 is 1.05 bits per heavy atom. The summed E-state index contributed by atoms with van der Waals surface area (Å²) in [5.74, 6) is 0.722. The molecule has 0 aromatic heterocycles. The number of nitrogens with zero attached hydrogens (tertiary/aromatic N) is 1. The highest BCUT2D eigenvalue weighted by molar-refractivity contribution is 5.39. The predicted molar refractivity (Wildman–Crippen MR) is 91.9 cm³/mol. The van der Waals surface area contributed by atoms with Gasteiger partial charge >= 0.3 is 0 Å². The van der Waals surface area contributed by atoms with Crippen LogP contribution in [0.1, 0.15) is 37.0 Å². The largest absolute Gasteiger partial charge is 0.295 e. The molecule has 0 N–H and O–H groups in total. The molecule has 1 aliphatic heterocycles. The quantitative estimate of drug-likeness (QED) is 0.792. The van der Waals surface area contributed by atoms with E-state index in [4.69, 9.17) is 0 Å². The van der Waals surface area contributed by atoms with Gasteiger partial charge in [-0.2, -0.15) is 0 Å². The van der Waals surface area contributed by atoms with Crippen LogP contribution in [-0.4, -0.2) is 17.5 Å². The summed E-state index contributed by atoms with van der Waals surface area (Å²) in [6.07, 6.45) is 2.48. The fourth-order valence-corrected chi connectivity index (χ4v) is 4.69. The van der Waals surface area contributed by atoms with Crippen LogP contribution in [0.3, 0.4) is 0 Å². The van der Waals surface area contributed by atoms with Crippen LogP contribution in [0.25, 0.3) is 0 Å². The first-order chi connectivity index (χ1) is 10.7. The van der Waals surface area contributed by atoms with Crippen molar-refractivity contribution in [3.8, 4) is 0 Å². The van der Waals surface area contributed by atoms with Crippen molar-refractivity contribution in [1.82, 2.24) is 4.90 Å². The Kier molecular flexibility index (Phi) is 3.34. The fraction of sp³-hybridized carbons (Fsp3) is 0.429. The van der Waals surface area contributed by atoms with Crippen LogP contribution < -0.4 is 0 Å². The molecular formula is C21H25N. The van der Waals surface area contributed by atoms with E-state index >= 15 is 0 Å². The van der Waals surface area contributed by atoms with Gasteiger partial charge in [-0.25, -0.2) is 0 Å². The van der Waals surface area contributed by atoms with Crippen LogP contribution >= 0.6 is 0 Å². The van der Waals surface area contributed by atoms with Gasteiger partial charge in [0.15, 0.2) is 0 Å². The lowest BCUT2D eigenvalue weighted by Crippen LogP contribution is -2.57. The van der Waals surface area contributed by atoms with E-state index in [2.05, 4.69) is 73.3 Å². The molecule has 1 aliphatic carbocycles. The van der Waals surface area contributed by atoms with Crippen molar-refractivity contribution < 1.29 is 0 Å². The maximum Gasteiger partial charge on any atom is 0.0236 e.